The minimum absolute atomic E-state index is 0.123. The summed E-state index contributed by atoms with van der Waals surface area (Å²) in [5.74, 6) is 0.353. The van der Waals surface area contributed by atoms with Crippen LogP contribution in [-0.4, -0.2) is 19.4 Å². The van der Waals surface area contributed by atoms with E-state index in [-0.39, 0.29) is 16.5 Å². The molecule has 3 rings (SSSR count). The van der Waals surface area contributed by atoms with E-state index in [1.54, 1.807) is 42.5 Å². The highest BCUT2D eigenvalue weighted by atomic mass is 32.2. The van der Waals surface area contributed by atoms with Crippen molar-refractivity contribution in [3.8, 4) is 5.75 Å². The summed E-state index contributed by atoms with van der Waals surface area (Å²) in [4.78, 5) is 0.123. The molecule has 0 fully saturated rings. The van der Waals surface area contributed by atoms with Crippen LogP contribution in [0.5, 0.6) is 5.75 Å². The first-order chi connectivity index (χ1) is 12.5. The van der Waals surface area contributed by atoms with Gasteiger partial charge in [-0.1, -0.05) is 48.5 Å². The molecule has 0 aliphatic rings. The summed E-state index contributed by atoms with van der Waals surface area (Å²) in [5.41, 5.74) is 2.07. The normalized spacial score (nSPS) is 12.0. The van der Waals surface area contributed by atoms with Crippen LogP contribution in [-0.2, 0) is 10.0 Å². The third-order valence-electron chi connectivity index (χ3n) is 3.76. The van der Waals surface area contributed by atoms with Crippen LogP contribution in [0.2, 0.25) is 0 Å². The van der Waals surface area contributed by atoms with Gasteiger partial charge in [0, 0.05) is 11.3 Å². The number of benzene rings is 3. The van der Waals surface area contributed by atoms with Crippen LogP contribution in [0.15, 0.2) is 88.2 Å². The number of amidine groups is 1. The minimum atomic E-state index is -3.87. The molecule has 0 atom stereocenters. The highest BCUT2D eigenvalue weighted by Crippen LogP contribution is 2.22. The Morgan fingerprint density at radius 2 is 1.54 bits per heavy atom. The largest absolute Gasteiger partial charge is 0.508 e. The number of sulfonamides is 1. The van der Waals surface area contributed by atoms with Gasteiger partial charge in [-0.25, -0.2) is 0 Å². The molecule has 0 saturated heterocycles. The van der Waals surface area contributed by atoms with Gasteiger partial charge in [0.05, 0.1) is 4.90 Å². The van der Waals surface area contributed by atoms with Crippen molar-refractivity contribution in [1.29, 1.82) is 0 Å². The maximum absolute atomic E-state index is 12.7. The second kappa shape index (κ2) is 7.41. The van der Waals surface area contributed by atoms with Crippen molar-refractivity contribution >= 4 is 21.5 Å². The molecule has 0 aromatic heterocycles. The van der Waals surface area contributed by atoms with E-state index >= 15 is 0 Å². The maximum Gasteiger partial charge on any atom is 0.284 e. The van der Waals surface area contributed by atoms with Gasteiger partial charge in [-0.05, 0) is 42.8 Å². The summed E-state index contributed by atoms with van der Waals surface area (Å²) in [7, 11) is -3.87. The van der Waals surface area contributed by atoms with E-state index in [2.05, 4.69) is 9.71 Å². The van der Waals surface area contributed by atoms with Crippen molar-refractivity contribution in [2.75, 3.05) is 5.32 Å². The Balaban J connectivity index is 2.07. The molecular formula is C20H18N2O3S. The SMILES string of the molecule is Cc1cc(O)ccc1NC(=NS(=O)(=O)c1ccccc1)c1ccccc1. The zero-order chi connectivity index (χ0) is 18.6. The predicted molar refractivity (Wildman–Crippen MR) is 103 cm³/mol. The van der Waals surface area contributed by atoms with Gasteiger partial charge in [0.25, 0.3) is 10.0 Å². The van der Waals surface area contributed by atoms with Crippen LogP contribution >= 0.6 is 0 Å². The second-order valence-corrected chi connectivity index (χ2v) is 7.32. The number of anilines is 1. The highest BCUT2D eigenvalue weighted by molar-refractivity contribution is 7.90. The zero-order valence-corrected chi connectivity index (χ0v) is 14.9. The van der Waals surface area contributed by atoms with E-state index in [1.165, 1.54) is 18.2 Å². The fourth-order valence-electron chi connectivity index (χ4n) is 2.42. The number of hydrogen-bond donors (Lipinski definition) is 2. The molecule has 0 bridgehead atoms. The molecule has 0 amide bonds. The van der Waals surface area contributed by atoms with Gasteiger partial charge in [0.1, 0.15) is 5.75 Å². The lowest BCUT2D eigenvalue weighted by Gasteiger charge is -2.13. The van der Waals surface area contributed by atoms with Crippen LogP contribution in [0.1, 0.15) is 11.1 Å². The Morgan fingerprint density at radius 1 is 0.923 bits per heavy atom. The summed E-state index contributed by atoms with van der Waals surface area (Å²) in [5, 5.41) is 12.6. The maximum atomic E-state index is 12.7. The quantitative estimate of drug-likeness (QED) is 0.416. The lowest BCUT2D eigenvalue weighted by molar-refractivity contribution is 0.475. The third-order valence-corrected chi connectivity index (χ3v) is 5.05. The van der Waals surface area contributed by atoms with Gasteiger partial charge in [-0.3, -0.25) is 0 Å². The van der Waals surface area contributed by atoms with E-state index in [1.807, 2.05) is 25.1 Å². The Labute approximate surface area is 152 Å². The van der Waals surface area contributed by atoms with Gasteiger partial charge >= 0.3 is 0 Å². The van der Waals surface area contributed by atoms with E-state index in [4.69, 9.17) is 0 Å². The lowest BCUT2D eigenvalue weighted by atomic mass is 10.1. The molecule has 0 saturated carbocycles. The average Bonchev–Trinajstić information content (AvgIpc) is 2.64. The molecule has 26 heavy (non-hydrogen) atoms. The Kier molecular flexibility index (Phi) is 5.04. The fraction of sp³-hybridized carbons (Fsp3) is 0.0500. The first kappa shape index (κ1) is 17.7. The minimum Gasteiger partial charge on any atom is -0.508 e. The molecule has 0 heterocycles. The summed E-state index contributed by atoms with van der Waals surface area (Å²) in [6, 6.07) is 21.9. The van der Waals surface area contributed by atoms with Crippen LogP contribution in [0.4, 0.5) is 5.69 Å². The van der Waals surface area contributed by atoms with Crippen molar-refractivity contribution in [2.24, 2.45) is 4.40 Å². The van der Waals surface area contributed by atoms with Gasteiger partial charge in [-0.2, -0.15) is 8.42 Å². The summed E-state index contributed by atoms with van der Waals surface area (Å²) in [6.45, 7) is 1.82. The number of hydrogen-bond acceptors (Lipinski definition) is 3. The van der Waals surface area contributed by atoms with Crippen molar-refractivity contribution in [1.82, 2.24) is 0 Å². The van der Waals surface area contributed by atoms with Crippen LogP contribution in [0, 0.1) is 6.92 Å². The number of nitrogens with one attached hydrogen (secondary N) is 1. The highest BCUT2D eigenvalue weighted by Gasteiger charge is 2.16. The predicted octanol–water partition coefficient (Wildman–Crippen LogP) is 3.95. The molecule has 132 valence electrons. The van der Waals surface area contributed by atoms with E-state index in [0.717, 1.165) is 5.56 Å². The van der Waals surface area contributed by atoms with Crippen LogP contribution in [0.3, 0.4) is 0 Å². The molecule has 3 aromatic rings. The van der Waals surface area contributed by atoms with Crippen molar-refractivity contribution in [3.63, 3.8) is 0 Å². The molecule has 0 radical (unpaired) electrons. The number of nitrogens with zero attached hydrogens (tertiary/aromatic N) is 1. The molecule has 6 heteroatoms. The van der Waals surface area contributed by atoms with E-state index < -0.39 is 10.0 Å². The molecule has 5 nitrogen and oxygen atoms in total. The van der Waals surface area contributed by atoms with E-state index in [9.17, 15) is 13.5 Å². The van der Waals surface area contributed by atoms with Crippen LogP contribution < -0.4 is 5.32 Å². The molecular weight excluding hydrogens is 348 g/mol. The standard InChI is InChI=1S/C20H18N2O3S/c1-15-14-17(23)12-13-19(15)21-20(16-8-4-2-5-9-16)22-26(24,25)18-10-6-3-7-11-18/h2-14,23H,1H3,(H,21,22). The van der Waals surface area contributed by atoms with Crippen molar-refractivity contribution < 1.29 is 13.5 Å². The van der Waals surface area contributed by atoms with E-state index in [0.29, 0.717) is 11.3 Å². The second-order valence-electron chi connectivity index (χ2n) is 5.72. The number of aryl methyl sites for hydroxylation is 1. The lowest BCUT2D eigenvalue weighted by Crippen LogP contribution is -2.17. The van der Waals surface area contributed by atoms with Crippen LogP contribution in [0.25, 0.3) is 0 Å². The molecule has 0 aliphatic carbocycles. The first-order valence-electron chi connectivity index (χ1n) is 7.98. The number of rotatable bonds is 4. The van der Waals surface area contributed by atoms with Gasteiger partial charge in [-0.15, -0.1) is 4.40 Å². The number of aromatic hydroxyl groups is 1. The third kappa shape index (κ3) is 4.10. The number of phenolic OH excluding ortho intramolecular Hbond substituents is 1. The summed E-state index contributed by atoms with van der Waals surface area (Å²) < 4.78 is 29.4. The Morgan fingerprint density at radius 3 is 2.15 bits per heavy atom. The topological polar surface area (TPSA) is 78.8 Å². The Hall–Kier alpha value is -3.12. The smallest absolute Gasteiger partial charge is 0.284 e. The fourth-order valence-corrected chi connectivity index (χ4v) is 3.42. The zero-order valence-electron chi connectivity index (χ0n) is 14.1. The van der Waals surface area contributed by atoms with Gasteiger partial charge in [0.15, 0.2) is 5.84 Å². The monoisotopic (exact) mass is 366 g/mol. The Bertz CT molecular complexity index is 1030. The molecule has 0 aliphatic heterocycles. The first-order valence-corrected chi connectivity index (χ1v) is 9.42. The molecule has 0 unspecified atom stereocenters. The summed E-state index contributed by atoms with van der Waals surface area (Å²) in [6.07, 6.45) is 0. The van der Waals surface area contributed by atoms with Crippen molar-refractivity contribution in [2.45, 2.75) is 11.8 Å². The molecule has 0 spiro atoms. The average molecular weight is 366 g/mol. The molecule has 3 aromatic carbocycles. The van der Waals surface area contributed by atoms with Gasteiger partial charge < -0.3 is 10.4 Å². The number of phenols is 1. The molecule has 2 N–H and O–H groups in total. The summed E-state index contributed by atoms with van der Waals surface area (Å²) >= 11 is 0. The van der Waals surface area contributed by atoms with Crippen molar-refractivity contribution in [3.05, 3.63) is 90.0 Å². The van der Waals surface area contributed by atoms with Gasteiger partial charge in [0.2, 0.25) is 0 Å².